The number of rotatable bonds is 11. The van der Waals surface area contributed by atoms with Crippen molar-refractivity contribution in [2.24, 2.45) is 0 Å². The van der Waals surface area contributed by atoms with Gasteiger partial charge in [-0.3, -0.25) is 0 Å². The molecule has 0 spiro atoms. The Morgan fingerprint density at radius 2 is 1.78 bits per heavy atom. The first kappa shape index (κ1) is 24.1. The Morgan fingerprint density at radius 1 is 1.15 bits per heavy atom. The molecule has 0 saturated heterocycles. The third-order valence-corrected chi connectivity index (χ3v) is 6.54. The van der Waals surface area contributed by atoms with Crippen LogP contribution < -0.4 is 4.46 Å². The minimum atomic E-state index is -1.10. The number of aliphatic hydroxyl groups is 1. The summed E-state index contributed by atoms with van der Waals surface area (Å²) in [5.74, 6) is -0.429. The number of methoxy groups -OCH3 is 1. The van der Waals surface area contributed by atoms with E-state index in [1.165, 1.54) is 0 Å². The summed E-state index contributed by atoms with van der Waals surface area (Å²) < 4.78 is 21.3. The van der Waals surface area contributed by atoms with E-state index in [0.29, 0.717) is 13.2 Å². The fourth-order valence-corrected chi connectivity index (χ4v) is 4.79. The SMILES string of the molecule is COCCOCO[C@@H](C)[C@H](O)C(C)([Se]c1ccccc1)C(=O)OC(C)(C)C. The summed E-state index contributed by atoms with van der Waals surface area (Å²) in [6, 6.07) is 9.67. The molecule has 0 aromatic heterocycles. The maximum absolute atomic E-state index is 13.0. The molecule has 6 nitrogen and oxygen atoms in total. The zero-order valence-corrected chi connectivity index (χ0v) is 18.8. The van der Waals surface area contributed by atoms with Crippen LogP contribution in [-0.2, 0) is 23.7 Å². The van der Waals surface area contributed by atoms with Crippen molar-refractivity contribution < 1.29 is 28.8 Å². The number of hydrogen-bond acceptors (Lipinski definition) is 6. The summed E-state index contributed by atoms with van der Waals surface area (Å²) in [6.45, 7) is 9.80. The first-order valence-corrected chi connectivity index (χ1v) is 10.7. The number of aliphatic hydroxyl groups excluding tert-OH is 1. The molecule has 27 heavy (non-hydrogen) atoms. The van der Waals surface area contributed by atoms with Crippen LogP contribution in [0, 0.1) is 0 Å². The van der Waals surface area contributed by atoms with E-state index >= 15 is 0 Å². The minimum absolute atomic E-state index is 0.0182. The molecule has 3 atom stereocenters. The molecule has 0 heterocycles. The molecule has 154 valence electrons. The van der Waals surface area contributed by atoms with Gasteiger partial charge in [0.05, 0.1) is 0 Å². The zero-order valence-electron chi connectivity index (χ0n) is 17.1. The molecule has 0 amide bonds. The first-order valence-electron chi connectivity index (χ1n) is 8.94. The predicted molar refractivity (Wildman–Crippen MR) is 105 cm³/mol. The summed E-state index contributed by atoms with van der Waals surface area (Å²) in [7, 11) is 1.59. The number of hydrogen-bond donors (Lipinski definition) is 1. The van der Waals surface area contributed by atoms with Crippen molar-refractivity contribution in [1.82, 2.24) is 0 Å². The van der Waals surface area contributed by atoms with Gasteiger partial charge in [0.2, 0.25) is 0 Å². The number of carbonyl (C=O) groups is 1. The summed E-state index contributed by atoms with van der Waals surface area (Å²) in [5.41, 5.74) is -0.641. The van der Waals surface area contributed by atoms with Crippen LogP contribution in [0.3, 0.4) is 0 Å². The fourth-order valence-electron chi connectivity index (χ4n) is 2.23. The molecule has 1 unspecified atom stereocenters. The zero-order chi connectivity index (χ0) is 20.5. The number of esters is 1. The molecule has 0 aliphatic rings. The van der Waals surface area contributed by atoms with Gasteiger partial charge in [-0.1, -0.05) is 0 Å². The Hall–Kier alpha value is -0.951. The van der Waals surface area contributed by atoms with Crippen LogP contribution in [0.5, 0.6) is 0 Å². The predicted octanol–water partition coefficient (Wildman–Crippen LogP) is 1.92. The molecule has 0 aliphatic heterocycles. The molecular weight excluding hydrogens is 415 g/mol. The Balaban J connectivity index is 2.89. The van der Waals surface area contributed by atoms with Gasteiger partial charge in [-0.15, -0.1) is 0 Å². The monoisotopic (exact) mass is 448 g/mol. The van der Waals surface area contributed by atoms with E-state index in [9.17, 15) is 9.90 Å². The van der Waals surface area contributed by atoms with Crippen molar-refractivity contribution in [3.05, 3.63) is 30.3 Å². The van der Waals surface area contributed by atoms with Crippen LogP contribution in [0.1, 0.15) is 34.6 Å². The second-order valence-corrected chi connectivity index (χ2v) is 10.6. The van der Waals surface area contributed by atoms with Gasteiger partial charge in [-0.05, 0) is 0 Å². The summed E-state index contributed by atoms with van der Waals surface area (Å²) in [4.78, 5) is 13.0. The van der Waals surface area contributed by atoms with E-state index in [1.54, 1.807) is 21.0 Å². The Bertz CT molecular complexity index is 559. The van der Waals surface area contributed by atoms with E-state index in [4.69, 9.17) is 18.9 Å². The van der Waals surface area contributed by atoms with E-state index in [1.807, 2.05) is 51.1 Å². The molecule has 0 fully saturated rings. The van der Waals surface area contributed by atoms with Gasteiger partial charge >= 0.3 is 168 Å². The van der Waals surface area contributed by atoms with Gasteiger partial charge in [0.1, 0.15) is 0 Å². The molecule has 0 saturated carbocycles. The van der Waals surface area contributed by atoms with E-state index in [2.05, 4.69) is 0 Å². The summed E-state index contributed by atoms with van der Waals surface area (Å²) in [6.07, 6.45) is -1.64. The Kier molecular flexibility index (Phi) is 9.95. The molecule has 1 aromatic carbocycles. The van der Waals surface area contributed by atoms with Crippen molar-refractivity contribution in [2.75, 3.05) is 27.1 Å². The Morgan fingerprint density at radius 3 is 2.33 bits per heavy atom. The van der Waals surface area contributed by atoms with E-state index < -0.39 is 28.1 Å². The number of carbonyl (C=O) groups excluding carboxylic acids is 1. The van der Waals surface area contributed by atoms with Crippen LogP contribution >= 0.6 is 0 Å². The van der Waals surface area contributed by atoms with Gasteiger partial charge in [-0.25, -0.2) is 0 Å². The van der Waals surface area contributed by atoms with Crippen molar-refractivity contribution in [2.45, 2.75) is 56.7 Å². The second-order valence-electron chi connectivity index (χ2n) is 7.36. The second kappa shape index (κ2) is 11.1. The van der Waals surface area contributed by atoms with Crippen LogP contribution in [0.15, 0.2) is 30.3 Å². The van der Waals surface area contributed by atoms with E-state index in [-0.39, 0.29) is 21.7 Å². The standard InChI is InChI=1S/C20H32O6Se/c1-15(25-14-24-13-12-23-6)17(21)20(5,18(22)26-19(2,3)4)27-16-10-8-7-9-11-16/h7-11,15,17,21H,12-14H2,1-6H3/t15-,17-,20?/m0/s1. The normalized spacial score (nSPS) is 16.4. The summed E-state index contributed by atoms with van der Waals surface area (Å²) in [5, 5.41) is 11.0. The third-order valence-electron chi connectivity index (χ3n) is 3.73. The quantitative estimate of drug-likeness (QED) is 0.242. The maximum atomic E-state index is 13.0. The molecule has 1 aromatic rings. The Labute approximate surface area is 168 Å². The molecule has 1 rings (SSSR count). The van der Waals surface area contributed by atoms with Gasteiger partial charge in [0.25, 0.3) is 0 Å². The number of ether oxygens (including phenoxy) is 4. The van der Waals surface area contributed by atoms with Crippen LogP contribution in [-0.4, -0.2) is 71.0 Å². The topological polar surface area (TPSA) is 74.2 Å². The third kappa shape index (κ3) is 8.30. The fraction of sp³-hybridized carbons (Fsp3) is 0.650. The first-order chi connectivity index (χ1) is 12.6. The summed E-state index contributed by atoms with van der Waals surface area (Å²) >= 11 is -0.357. The molecule has 0 bridgehead atoms. The molecular formula is C20H32O6Se. The van der Waals surface area contributed by atoms with Gasteiger partial charge in [0, 0.05) is 0 Å². The molecule has 0 aliphatic carbocycles. The van der Waals surface area contributed by atoms with Crippen LogP contribution in [0.2, 0.25) is 4.31 Å². The van der Waals surface area contributed by atoms with E-state index in [0.717, 1.165) is 4.46 Å². The van der Waals surface area contributed by atoms with Crippen molar-refractivity contribution in [3.63, 3.8) is 0 Å². The van der Waals surface area contributed by atoms with Gasteiger partial charge < -0.3 is 0 Å². The van der Waals surface area contributed by atoms with Crippen molar-refractivity contribution in [3.8, 4) is 0 Å². The average Bonchev–Trinajstić information content (AvgIpc) is 2.60. The van der Waals surface area contributed by atoms with Gasteiger partial charge in [0.15, 0.2) is 0 Å². The molecule has 0 radical (unpaired) electrons. The molecule has 1 N–H and O–H groups in total. The number of benzene rings is 1. The van der Waals surface area contributed by atoms with Crippen LogP contribution in [0.25, 0.3) is 0 Å². The van der Waals surface area contributed by atoms with Crippen molar-refractivity contribution >= 4 is 25.4 Å². The van der Waals surface area contributed by atoms with Crippen molar-refractivity contribution in [1.29, 1.82) is 0 Å². The molecule has 7 heteroatoms. The van der Waals surface area contributed by atoms with Gasteiger partial charge in [-0.2, -0.15) is 0 Å². The average molecular weight is 447 g/mol. The van der Waals surface area contributed by atoms with Crippen LogP contribution in [0.4, 0.5) is 0 Å².